The molecular formula is C8H12F3NS. The lowest BCUT2D eigenvalue weighted by Crippen LogP contribution is -2.12. The average Bonchev–Trinajstić information content (AvgIpc) is 2.01. The van der Waals surface area contributed by atoms with Crippen molar-refractivity contribution < 1.29 is 13.2 Å². The quantitative estimate of drug-likeness (QED) is 0.553. The fraction of sp³-hybridized carbons (Fsp3) is 0.500. The van der Waals surface area contributed by atoms with Gasteiger partial charge in [-0.15, -0.1) is 11.8 Å². The molecule has 0 aromatic rings. The lowest BCUT2D eigenvalue weighted by molar-refractivity contribution is -0.0838. The predicted octanol–water partition coefficient (Wildman–Crippen LogP) is 3.27. The van der Waals surface area contributed by atoms with E-state index >= 15 is 0 Å². The van der Waals surface area contributed by atoms with Crippen molar-refractivity contribution >= 4 is 11.8 Å². The number of allylic oxidation sites excluding steroid dienone is 2. The number of hydrogen-bond acceptors (Lipinski definition) is 2. The van der Waals surface area contributed by atoms with E-state index < -0.39 is 11.1 Å². The second kappa shape index (κ2) is 5.96. The number of hydrogen-bond donors (Lipinski definition) is 1. The summed E-state index contributed by atoms with van der Waals surface area (Å²) in [6.07, 6.45) is -1.30. The molecule has 13 heavy (non-hydrogen) atoms. The first-order chi connectivity index (χ1) is 6.02. The van der Waals surface area contributed by atoms with Gasteiger partial charge >= 0.3 is 6.18 Å². The Morgan fingerprint density at radius 1 is 1.54 bits per heavy atom. The van der Waals surface area contributed by atoms with Crippen LogP contribution in [-0.2, 0) is 0 Å². The Labute approximate surface area is 80.1 Å². The zero-order chi connectivity index (χ0) is 10.3. The van der Waals surface area contributed by atoms with Gasteiger partial charge in [-0.25, -0.2) is 0 Å². The van der Waals surface area contributed by atoms with Crippen LogP contribution in [0.1, 0.15) is 13.3 Å². The van der Waals surface area contributed by atoms with Gasteiger partial charge in [0.15, 0.2) is 0 Å². The summed E-state index contributed by atoms with van der Waals surface area (Å²) in [6, 6.07) is 0. The van der Waals surface area contributed by atoms with Crippen LogP contribution in [0.4, 0.5) is 13.2 Å². The second-order valence-electron chi connectivity index (χ2n) is 2.17. The monoisotopic (exact) mass is 211 g/mol. The van der Waals surface area contributed by atoms with Crippen LogP contribution in [0.15, 0.2) is 23.8 Å². The molecule has 0 aliphatic heterocycles. The number of thioether (sulfide) groups is 1. The van der Waals surface area contributed by atoms with Crippen molar-refractivity contribution in [2.24, 2.45) is 0 Å². The molecule has 0 heterocycles. The van der Waals surface area contributed by atoms with Crippen LogP contribution in [0.3, 0.4) is 0 Å². The summed E-state index contributed by atoms with van der Waals surface area (Å²) < 4.78 is 36.6. The topological polar surface area (TPSA) is 12.0 Å². The molecule has 0 unspecified atom stereocenters. The van der Waals surface area contributed by atoms with Crippen molar-refractivity contribution in [3.05, 3.63) is 23.8 Å². The standard InChI is InChI=1S/C8H12F3NS/c1-3-5-7(8(9,10)11)13-6-12-4-2/h4-5,12H,2-3,6H2,1H3/b7-5-. The smallest absolute Gasteiger partial charge is 0.382 e. The van der Waals surface area contributed by atoms with Gasteiger partial charge in [-0.3, -0.25) is 0 Å². The van der Waals surface area contributed by atoms with Crippen LogP contribution >= 0.6 is 11.8 Å². The third kappa shape index (κ3) is 5.63. The van der Waals surface area contributed by atoms with Crippen LogP contribution < -0.4 is 5.32 Å². The van der Waals surface area contributed by atoms with Crippen molar-refractivity contribution in [2.45, 2.75) is 19.5 Å². The van der Waals surface area contributed by atoms with E-state index in [1.807, 2.05) is 0 Å². The number of halogens is 3. The average molecular weight is 211 g/mol. The van der Waals surface area contributed by atoms with Gasteiger partial charge < -0.3 is 5.32 Å². The van der Waals surface area contributed by atoms with Crippen LogP contribution in [0, 0.1) is 0 Å². The highest BCUT2D eigenvalue weighted by atomic mass is 32.2. The van der Waals surface area contributed by atoms with Crippen molar-refractivity contribution in [3.63, 3.8) is 0 Å². The molecular weight excluding hydrogens is 199 g/mol. The lowest BCUT2D eigenvalue weighted by Gasteiger charge is -2.10. The summed E-state index contributed by atoms with van der Waals surface area (Å²) in [5, 5.41) is 2.60. The van der Waals surface area contributed by atoms with Crippen LogP contribution in [-0.4, -0.2) is 12.1 Å². The first-order valence-electron chi connectivity index (χ1n) is 3.76. The second-order valence-corrected chi connectivity index (χ2v) is 3.19. The Balaban J connectivity index is 4.12. The molecule has 0 fully saturated rings. The molecule has 5 heteroatoms. The Bertz CT molecular complexity index is 186. The first-order valence-corrected chi connectivity index (χ1v) is 4.75. The number of rotatable bonds is 5. The highest BCUT2D eigenvalue weighted by molar-refractivity contribution is 8.03. The van der Waals surface area contributed by atoms with Crippen molar-refractivity contribution in [1.82, 2.24) is 5.32 Å². The summed E-state index contributed by atoms with van der Waals surface area (Å²) in [4.78, 5) is -0.552. The molecule has 76 valence electrons. The summed E-state index contributed by atoms with van der Waals surface area (Å²) in [5.41, 5.74) is 0. The highest BCUT2D eigenvalue weighted by Crippen LogP contribution is 2.34. The maximum Gasteiger partial charge on any atom is 0.422 e. The molecule has 0 aliphatic rings. The molecule has 0 aromatic carbocycles. The Kier molecular flexibility index (Phi) is 5.70. The van der Waals surface area contributed by atoms with E-state index in [1.54, 1.807) is 6.92 Å². The molecule has 0 saturated carbocycles. The summed E-state index contributed by atoms with van der Waals surface area (Å²) >= 11 is 0.731. The zero-order valence-corrected chi connectivity index (χ0v) is 8.13. The predicted molar refractivity (Wildman–Crippen MR) is 50.2 cm³/mol. The molecule has 0 bridgehead atoms. The Morgan fingerprint density at radius 3 is 2.54 bits per heavy atom. The molecule has 0 aliphatic carbocycles. The fourth-order valence-corrected chi connectivity index (χ4v) is 1.43. The van der Waals surface area contributed by atoms with E-state index in [9.17, 15) is 13.2 Å². The molecule has 0 radical (unpaired) electrons. The van der Waals surface area contributed by atoms with E-state index in [2.05, 4.69) is 11.9 Å². The third-order valence-corrected chi connectivity index (χ3v) is 2.14. The van der Waals surface area contributed by atoms with Gasteiger partial charge in [0, 0.05) is 0 Å². The summed E-state index contributed by atoms with van der Waals surface area (Å²) in [6.45, 7) is 5.01. The van der Waals surface area contributed by atoms with E-state index in [4.69, 9.17) is 0 Å². The lowest BCUT2D eigenvalue weighted by atomic mass is 10.4. The SMILES string of the molecule is C=CNCS/C(=C\CC)C(F)(F)F. The van der Waals surface area contributed by atoms with Crippen LogP contribution in [0.25, 0.3) is 0 Å². The van der Waals surface area contributed by atoms with E-state index in [0.717, 1.165) is 11.8 Å². The maximum absolute atomic E-state index is 12.2. The highest BCUT2D eigenvalue weighted by Gasteiger charge is 2.33. The minimum atomic E-state index is -4.23. The van der Waals surface area contributed by atoms with Crippen molar-refractivity contribution in [1.29, 1.82) is 0 Å². The zero-order valence-electron chi connectivity index (χ0n) is 7.32. The molecule has 0 aromatic heterocycles. The van der Waals surface area contributed by atoms with Crippen molar-refractivity contribution in [2.75, 3.05) is 5.88 Å². The minimum absolute atomic E-state index is 0.189. The molecule has 0 atom stereocenters. The van der Waals surface area contributed by atoms with Gasteiger partial charge in [-0.2, -0.15) is 13.2 Å². The number of nitrogens with one attached hydrogen (secondary N) is 1. The largest absolute Gasteiger partial charge is 0.422 e. The van der Waals surface area contributed by atoms with E-state index in [1.165, 1.54) is 12.3 Å². The third-order valence-electron chi connectivity index (χ3n) is 1.12. The van der Waals surface area contributed by atoms with Crippen LogP contribution in [0.5, 0.6) is 0 Å². The Hall–Kier alpha value is -0.580. The van der Waals surface area contributed by atoms with Gasteiger partial charge in [0.2, 0.25) is 0 Å². The van der Waals surface area contributed by atoms with Gasteiger partial charge in [0.05, 0.1) is 10.8 Å². The first kappa shape index (κ1) is 12.4. The van der Waals surface area contributed by atoms with Crippen molar-refractivity contribution in [3.8, 4) is 0 Å². The van der Waals surface area contributed by atoms with Gasteiger partial charge in [-0.1, -0.05) is 19.6 Å². The maximum atomic E-state index is 12.2. The van der Waals surface area contributed by atoms with Crippen LogP contribution in [0.2, 0.25) is 0 Å². The molecule has 1 N–H and O–H groups in total. The summed E-state index contributed by atoms with van der Waals surface area (Å²) in [5.74, 6) is 0.189. The Morgan fingerprint density at radius 2 is 2.15 bits per heavy atom. The van der Waals surface area contributed by atoms with Gasteiger partial charge in [0.1, 0.15) is 0 Å². The molecule has 1 nitrogen and oxygen atoms in total. The fourth-order valence-electron chi connectivity index (χ4n) is 0.620. The van der Waals surface area contributed by atoms with Gasteiger partial charge in [0.25, 0.3) is 0 Å². The minimum Gasteiger partial charge on any atom is -0.382 e. The van der Waals surface area contributed by atoms with E-state index in [-0.39, 0.29) is 5.88 Å². The normalized spacial score (nSPS) is 12.8. The molecule has 0 spiro atoms. The van der Waals surface area contributed by atoms with E-state index in [0.29, 0.717) is 6.42 Å². The van der Waals surface area contributed by atoms with Gasteiger partial charge in [-0.05, 0) is 12.6 Å². The number of alkyl halides is 3. The molecule has 0 rings (SSSR count). The molecule has 0 amide bonds. The summed E-state index contributed by atoms with van der Waals surface area (Å²) in [7, 11) is 0. The molecule has 0 saturated heterocycles.